The molecule has 0 fully saturated rings. The first-order chi connectivity index (χ1) is 12.0. The zero-order chi connectivity index (χ0) is 19.6. The first-order valence-electron chi connectivity index (χ1n) is 6.89. The number of carbonyl (C=O) groups is 2. The second-order valence-corrected chi connectivity index (χ2v) is 5.16. The Labute approximate surface area is 143 Å². The average Bonchev–Trinajstić information content (AvgIpc) is 2.91. The van der Waals surface area contributed by atoms with Gasteiger partial charge in [0.05, 0.1) is 22.5 Å². The average molecular weight is 371 g/mol. The van der Waals surface area contributed by atoms with Crippen molar-refractivity contribution in [2.75, 3.05) is 16.4 Å². The van der Waals surface area contributed by atoms with Gasteiger partial charge in [-0.2, -0.15) is 13.2 Å². The number of nitrogen functional groups attached to an aromatic ring is 1. The first-order valence-corrected chi connectivity index (χ1v) is 6.89. The smallest absolute Gasteiger partial charge is 0.397 e. The highest BCUT2D eigenvalue weighted by Gasteiger charge is 2.38. The second kappa shape index (κ2) is 6.74. The number of nitro groups is 1. The maximum absolute atomic E-state index is 12.2. The van der Waals surface area contributed by atoms with Crippen molar-refractivity contribution in [3.63, 3.8) is 0 Å². The van der Waals surface area contributed by atoms with Crippen LogP contribution in [0.2, 0.25) is 0 Å². The molecule has 2 aromatic rings. The largest absolute Gasteiger partial charge is 0.471 e. The number of amides is 2. The van der Waals surface area contributed by atoms with Crippen molar-refractivity contribution < 1.29 is 27.7 Å². The third-order valence-corrected chi connectivity index (χ3v) is 3.25. The normalized spacial score (nSPS) is 11.1. The third kappa shape index (κ3) is 4.09. The molecule has 0 unspecified atom stereocenters. The van der Waals surface area contributed by atoms with Gasteiger partial charge in [0, 0.05) is 18.8 Å². The number of halogens is 3. The molecule has 2 rings (SSSR count). The van der Waals surface area contributed by atoms with E-state index in [4.69, 9.17) is 5.73 Å². The molecular formula is C14H12F3N5O4. The summed E-state index contributed by atoms with van der Waals surface area (Å²) in [6.07, 6.45) is -3.91. The van der Waals surface area contributed by atoms with Crippen LogP contribution in [-0.2, 0) is 11.8 Å². The summed E-state index contributed by atoms with van der Waals surface area (Å²) in [6.45, 7) is 0. The minimum absolute atomic E-state index is 0.0226. The van der Waals surface area contributed by atoms with Gasteiger partial charge in [-0.15, -0.1) is 0 Å². The minimum atomic E-state index is -5.05. The molecule has 12 heteroatoms. The number of aromatic nitrogens is 1. The van der Waals surface area contributed by atoms with E-state index in [2.05, 4.69) is 5.32 Å². The number of alkyl halides is 3. The van der Waals surface area contributed by atoms with E-state index < -0.39 is 22.9 Å². The fourth-order valence-electron chi connectivity index (χ4n) is 2.02. The van der Waals surface area contributed by atoms with Crippen molar-refractivity contribution in [1.82, 2.24) is 4.57 Å². The van der Waals surface area contributed by atoms with Crippen molar-refractivity contribution in [3.05, 3.63) is 46.3 Å². The van der Waals surface area contributed by atoms with Crippen molar-refractivity contribution in [3.8, 4) is 0 Å². The summed E-state index contributed by atoms with van der Waals surface area (Å²) in [4.78, 5) is 33.1. The molecule has 9 nitrogen and oxygen atoms in total. The van der Waals surface area contributed by atoms with Crippen molar-refractivity contribution in [1.29, 1.82) is 0 Å². The molecule has 1 aromatic heterocycles. The summed E-state index contributed by atoms with van der Waals surface area (Å²) in [7, 11) is 1.43. The quantitative estimate of drug-likeness (QED) is 0.431. The number of nitrogens with zero attached hydrogens (tertiary/aromatic N) is 2. The number of nitrogens with two attached hydrogens (primary N) is 1. The van der Waals surface area contributed by atoms with Crippen LogP contribution in [0.5, 0.6) is 0 Å². The molecule has 0 aliphatic heterocycles. The summed E-state index contributed by atoms with van der Waals surface area (Å²) in [5.41, 5.74) is 5.10. The zero-order valence-electron chi connectivity index (χ0n) is 13.1. The predicted molar refractivity (Wildman–Crippen MR) is 85.6 cm³/mol. The standard InChI is InChI=1S/C14H12F3N5O4/c1-21-6-8(22(25)26)5-11(21)12(23)20-10-3-2-7(4-9(10)18)19-13(24)14(15,16)17/h2-6H,18H2,1H3,(H,19,24)(H,20,23). The Kier molecular flexibility index (Phi) is 4.86. The molecule has 0 bridgehead atoms. The molecule has 4 N–H and O–H groups in total. The van der Waals surface area contributed by atoms with E-state index in [9.17, 15) is 32.9 Å². The van der Waals surface area contributed by atoms with Gasteiger partial charge in [0.15, 0.2) is 0 Å². The van der Waals surface area contributed by atoms with Gasteiger partial charge in [-0.3, -0.25) is 19.7 Å². The molecule has 0 spiro atoms. The molecule has 138 valence electrons. The molecular weight excluding hydrogens is 359 g/mol. The molecule has 0 atom stereocenters. The van der Waals surface area contributed by atoms with Crippen molar-refractivity contribution in [2.24, 2.45) is 7.05 Å². The maximum atomic E-state index is 12.2. The van der Waals surface area contributed by atoms with Crippen LogP contribution in [0.1, 0.15) is 10.5 Å². The Morgan fingerprint density at radius 1 is 1.23 bits per heavy atom. The van der Waals surface area contributed by atoms with E-state index in [0.717, 1.165) is 24.4 Å². The molecule has 0 saturated heterocycles. The highest BCUT2D eigenvalue weighted by molar-refractivity contribution is 6.05. The van der Waals surface area contributed by atoms with Crippen LogP contribution in [-0.4, -0.2) is 27.5 Å². The Bertz CT molecular complexity index is 891. The molecule has 2 amide bonds. The Morgan fingerprint density at radius 3 is 2.38 bits per heavy atom. The lowest BCUT2D eigenvalue weighted by Crippen LogP contribution is -2.29. The van der Waals surface area contributed by atoms with E-state index in [0.29, 0.717) is 0 Å². The number of hydrogen-bond donors (Lipinski definition) is 3. The number of anilines is 3. The minimum Gasteiger partial charge on any atom is -0.397 e. The fraction of sp³-hybridized carbons (Fsp3) is 0.143. The monoisotopic (exact) mass is 371 g/mol. The van der Waals surface area contributed by atoms with E-state index >= 15 is 0 Å². The van der Waals surface area contributed by atoms with Crippen LogP contribution in [0.4, 0.5) is 35.9 Å². The highest BCUT2D eigenvalue weighted by atomic mass is 19.4. The number of carbonyl (C=O) groups excluding carboxylic acids is 2. The topological polar surface area (TPSA) is 132 Å². The molecule has 0 aliphatic carbocycles. The first kappa shape index (κ1) is 18.8. The molecule has 0 aliphatic rings. The lowest BCUT2D eigenvalue weighted by molar-refractivity contribution is -0.384. The summed E-state index contributed by atoms with van der Waals surface area (Å²) >= 11 is 0. The third-order valence-electron chi connectivity index (χ3n) is 3.25. The van der Waals surface area contributed by atoms with Gasteiger partial charge in [-0.05, 0) is 18.2 Å². The number of rotatable bonds is 4. The summed E-state index contributed by atoms with van der Waals surface area (Å²) in [6, 6.07) is 4.40. The van der Waals surface area contributed by atoms with Gasteiger partial charge in [0.25, 0.3) is 11.6 Å². The second-order valence-electron chi connectivity index (χ2n) is 5.16. The summed E-state index contributed by atoms with van der Waals surface area (Å²) in [5.74, 6) is -2.87. The molecule has 26 heavy (non-hydrogen) atoms. The van der Waals surface area contributed by atoms with Gasteiger partial charge in [0.1, 0.15) is 5.69 Å². The van der Waals surface area contributed by atoms with Gasteiger partial charge < -0.3 is 20.9 Å². The van der Waals surface area contributed by atoms with E-state index in [1.807, 2.05) is 0 Å². The SMILES string of the molecule is Cn1cc([N+](=O)[O-])cc1C(=O)Nc1ccc(NC(=O)C(F)(F)F)cc1N. The Hall–Kier alpha value is -3.57. The van der Waals surface area contributed by atoms with Crippen LogP contribution in [0.25, 0.3) is 0 Å². The zero-order valence-corrected chi connectivity index (χ0v) is 13.1. The summed E-state index contributed by atoms with van der Waals surface area (Å²) < 4.78 is 37.9. The number of hydrogen-bond acceptors (Lipinski definition) is 5. The number of benzene rings is 1. The lowest BCUT2D eigenvalue weighted by Gasteiger charge is -2.12. The molecule has 0 radical (unpaired) electrons. The Balaban J connectivity index is 2.16. The molecule has 1 heterocycles. The van der Waals surface area contributed by atoms with E-state index in [1.54, 1.807) is 5.32 Å². The molecule has 1 aromatic carbocycles. The van der Waals surface area contributed by atoms with Gasteiger partial charge in [-0.25, -0.2) is 0 Å². The van der Waals surface area contributed by atoms with Gasteiger partial charge in [0.2, 0.25) is 0 Å². The van der Waals surface area contributed by atoms with Gasteiger partial charge in [-0.1, -0.05) is 0 Å². The maximum Gasteiger partial charge on any atom is 0.471 e. The lowest BCUT2D eigenvalue weighted by atomic mass is 10.2. The van der Waals surface area contributed by atoms with Crippen LogP contribution in [0.3, 0.4) is 0 Å². The predicted octanol–water partition coefficient (Wildman–Crippen LogP) is 2.27. The fourth-order valence-corrected chi connectivity index (χ4v) is 2.02. The van der Waals surface area contributed by atoms with Crippen LogP contribution < -0.4 is 16.4 Å². The van der Waals surface area contributed by atoms with Crippen molar-refractivity contribution >= 4 is 34.6 Å². The van der Waals surface area contributed by atoms with Crippen LogP contribution in [0, 0.1) is 10.1 Å². The van der Waals surface area contributed by atoms with Crippen LogP contribution in [0.15, 0.2) is 30.5 Å². The van der Waals surface area contributed by atoms with E-state index in [-0.39, 0.29) is 28.4 Å². The van der Waals surface area contributed by atoms with Gasteiger partial charge >= 0.3 is 12.1 Å². The highest BCUT2D eigenvalue weighted by Crippen LogP contribution is 2.26. The number of nitrogens with one attached hydrogen (secondary N) is 2. The Morgan fingerprint density at radius 2 is 1.88 bits per heavy atom. The van der Waals surface area contributed by atoms with Crippen LogP contribution >= 0.6 is 0 Å². The summed E-state index contributed by atoms with van der Waals surface area (Å²) in [5, 5.41) is 14.7. The molecule has 0 saturated carbocycles. The van der Waals surface area contributed by atoms with Crippen molar-refractivity contribution in [2.45, 2.75) is 6.18 Å². The van der Waals surface area contributed by atoms with E-state index in [1.165, 1.54) is 17.7 Å². The number of aryl methyl sites for hydroxylation is 1.